The van der Waals surface area contributed by atoms with Crippen LogP contribution in [0.25, 0.3) is 0 Å². The third-order valence-electron chi connectivity index (χ3n) is 5.56. The first kappa shape index (κ1) is 16.6. The third kappa shape index (κ3) is 4.59. The lowest BCUT2D eigenvalue weighted by atomic mass is 10.1. The second-order valence-electron chi connectivity index (χ2n) is 7.52. The number of hydrogen-bond donors (Lipinski definition) is 2. The molecule has 0 radical (unpaired) electrons. The summed E-state index contributed by atoms with van der Waals surface area (Å²) in [6.07, 6.45) is 7.85. The fourth-order valence-electron chi connectivity index (χ4n) is 4.22. The van der Waals surface area contributed by atoms with Gasteiger partial charge in [-0.1, -0.05) is 12.8 Å². The number of likely N-dealkylation sites (N-methyl/N-ethyl adjacent to an activating group) is 1. The Balaban J connectivity index is 1.36. The summed E-state index contributed by atoms with van der Waals surface area (Å²) in [4.78, 5) is 27.8. The minimum Gasteiger partial charge on any atom is -0.344 e. The van der Waals surface area contributed by atoms with E-state index >= 15 is 0 Å². The molecule has 130 valence electrons. The molecule has 0 spiro atoms. The van der Waals surface area contributed by atoms with Gasteiger partial charge in [-0.15, -0.1) is 0 Å². The summed E-state index contributed by atoms with van der Waals surface area (Å²) >= 11 is 0. The average Bonchev–Trinajstić information content (AvgIpc) is 3.16. The lowest BCUT2D eigenvalue weighted by Crippen LogP contribution is -2.53. The van der Waals surface area contributed by atoms with Gasteiger partial charge < -0.3 is 20.4 Å². The second kappa shape index (κ2) is 7.51. The smallest absolute Gasteiger partial charge is 0.315 e. The van der Waals surface area contributed by atoms with Crippen molar-refractivity contribution in [1.29, 1.82) is 0 Å². The summed E-state index contributed by atoms with van der Waals surface area (Å²) in [6.45, 7) is 3.90. The lowest BCUT2D eigenvalue weighted by molar-refractivity contribution is -0.132. The number of rotatable bonds is 4. The molecule has 1 saturated carbocycles. The third-order valence-corrected chi connectivity index (χ3v) is 5.56. The van der Waals surface area contributed by atoms with Crippen molar-refractivity contribution in [3.05, 3.63) is 0 Å². The lowest BCUT2D eigenvalue weighted by Gasteiger charge is -2.30. The number of carbonyl (C=O) groups excluding carboxylic acids is 2. The van der Waals surface area contributed by atoms with Crippen molar-refractivity contribution in [2.24, 2.45) is 5.92 Å². The monoisotopic (exact) mass is 322 g/mol. The van der Waals surface area contributed by atoms with Gasteiger partial charge in [0, 0.05) is 51.7 Å². The van der Waals surface area contributed by atoms with Crippen LogP contribution < -0.4 is 10.6 Å². The Kier molecular flexibility index (Phi) is 5.41. The van der Waals surface area contributed by atoms with Gasteiger partial charge >= 0.3 is 6.03 Å². The van der Waals surface area contributed by atoms with Gasteiger partial charge in [-0.05, 0) is 31.6 Å². The fraction of sp³-hybridized carbons (Fsp3) is 0.882. The molecule has 3 amide bonds. The maximum Gasteiger partial charge on any atom is 0.315 e. The zero-order valence-electron chi connectivity index (χ0n) is 14.2. The average molecular weight is 322 g/mol. The van der Waals surface area contributed by atoms with Gasteiger partial charge in [-0.3, -0.25) is 4.79 Å². The number of urea groups is 1. The second-order valence-corrected chi connectivity index (χ2v) is 7.52. The summed E-state index contributed by atoms with van der Waals surface area (Å²) in [5.74, 6) is 1.04. The van der Waals surface area contributed by atoms with Crippen LogP contribution >= 0.6 is 0 Å². The molecule has 6 heteroatoms. The molecule has 2 N–H and O–H groups in total. The number of carbonyl (C=O) groups is 2. The summed E-state index contributed by atoms with van der Waals surface area (Å²) < 4.78 is 0. The minimum absolute atomic E-state index is 0.0775. The molecule has 2 saturated heterocycles. The SMILES string of the molecule is CN1C[C@H](NC(=O)N[C@@H]2CCN(CC3CCCC3)C2)CCC1=O. The van der Waals surface area contributed by atoms with E-state index in [9.17, 15) is 9.59 Å². The first-order chi connectivity index (χ1) is 11.1. The molecular weight excluding hydrogens is 292 g/mol. The van der Waals surface area contributed by atoms with Gasteiger partial charge in [-0.2, -0.15) is 0 Å². The number of amides is 3. The predicted molar refractivity (Wildman–Crippen MR) is 89.1 cm³/mol. The van der Waals surface area contributed by atoms with E-state index in [2.05, 4.69) is 15.5 Å². The van der Waals surface area contributed by atoms with E-state index < -0.39 is 0 Å². The molecule has 2 heterocycles. The highest BCUT2D eigenvalue weighted by atomic mass is 16.2. The Morgan fingerprint density at radius 2 is 1.78 bits per heavy atom. The molecule has 0 unspecified atom stereocenters. The van der Waals surface area contributed by atoms with Crippen molar-refractivity contribution in [1.82, 2.24) is 20.4 Å². The first-order valence-corrected chi connectivity index (χ1v) is 9.13. The van der Waals surface area contributed by atoms with Crippen LogP contribution in [0.4, 0.5) is 4.79 Å². The Hall–Kier alpha value is -1.30. The van der Waals surface area contributed by atoms with Crippen LogP contribution in [0, 0.1) is 5.92 Å². The number of piperidine rings is 1. The molecule has 23 heavy (non-hydrogen) atoms. The van der Waals surface area contributed by atoms with E-state index in [1.165, 1.54) is 32.2 Å². The summed E-state index contributed by atoms with van der Waals surface area (Å²) in [6, 6.07) is 0.263. The number of nitrogens with zero attached hydrogens (tertiary/aromatic N) is 2. The van der Waals surface area contributed by atoms with E-state index in [-0.39, 0.29) is 24.0 Å². The standard InChI is InChI=1S/C17H30N4O2/c1-20-11-14(6-7-16(20)22)18-17(23)19-15-8-9-21(12-15)10-13-4-2-3-5-13/h13-15H,2-12H2,1H3,(H2,18,19,23)/t14-,15-/m1/s1. The molecule has 0 bridgehead atoms. The van der Waals surface area contributed by atoms with Crippen LogP contribution in [0.2, 0.25) is 0 Å². The molecule has 2 aliphatic heterocycles. The number of likely N-dealkylation sites (tertiary alicyclic amines) is 2. The predicted octanol–water partition coefficient (Wildman–Crippen LogP) is 1.17. The van der Waals surface area contributed by atoms with Gasteiger partial charge in [0.15, 0.2) is 0 Å². The molecular formula is C17H30N4O2. The highest BCUT2D eigenvalue weighted by molar-refractivity contribution is 5.78. The Bertz CT molecular complexity index is 436. The minimum atomic E-state index is -0.0783. The maximum absolute atomic E-state index is 12.2. The van der Waals surface area contributed by atoms with E-state index in [4.69, 9.17) is 0 Å². The zero-order chi connectivity index (χ0) is 16.2. The van der Waals surface area contributed by atoms with E-state index in [0.717, 1.165) is 31.8 Å². The summed E-state index contributed by atoms with van der Waals surface area (Å²) in [7, 11) is 1.80. The van der Waals surface area contributed by atoms with E-state index in [1.54, 1.807) is 11.9 Å². The zero-order valence-corrected chi connectivity index (χ0v) is 14.2. The molecule has 0 aromatic rings. The molecule has 3 fully saturated rings. The molecule has 1 aliphatic carbocycles. The van der Waals surface area contributed by atoms with Crippen molar-refractivity contribution in [2.45, 2.75) is 57.0 Å². The van der Waals surface area contributed by atoms with Crippen LogP contribution in [0.1, 0.15) is 44.9 Å². The number of hydrogen-bond acceptors (Lipinski definition) is 3. The molecule has 6 nitrogen and oxygen atoms in total. The molecule has 3 rings (SSSR count). The maximum atomic E-state index is 12.2. The van der Waals surface area contributed by atoms with E-state index in [1.807, 2.05) is 0 Å². The molecule has 3 aliphatic rings. The van der Waals surface area contributed by atoms with Gasteiger partial charge in [0.1, 0.15) is 0 Å². The van der Waals surface area contributed by atoms with Crippen LogP contribution in [-0.4, -0.2) is 67.0 Å². The fourth-order valence-corrected chi connectivity index (χ4v) is 4.22. The van der Waals surface area contributed by atoms with Crippen LogP contribution in [0.5, 0.6) is 0 Å². The van der Waals surface area contributed by atoms with Crippen LogP contribution in [0.3, 0.4) is 0 Å². The first-order valence-electron chi connectivity index (χ1n) is 9.13. The van der Waals surface area contributed by atoms with Crippen LogP contribution in [-0.2, 0) is 4.79 Å². The highest BCUT2D eigenvalue weighted by Crippen LogP contribution is 2.26. The van der Waals surface area contributed by atoms with E-state index in [0.29, 0.717) is 13.0 Å². The van der Waals surface area contributed by atoms with Crippen molar-refractivity contribution in [3.8, 4) is 0 Å². The van der Waals surface area contributed by atoms with Crippen molar-refractivity contribution >= 4 is 11.9 Å². The van der Waals surface area contributed by atoms with Gasteiger partial charge in [0.25, 0.3) is 0 Å². The van der Waals surface area contributed by atoms with Crippen molar-refractivity contribution in [3.63, 3.8) is 0 Å². The quantitative estimate of drug-likeness (QED) is 0.817. The molecule has 0 aromatic carbocycles. The highest BCUT2D eigenvalue weighted by Gasteiger charge is 2.28. The number of nitrogens with one attached hydrogen (secondary N) is 2. The Morgan fingerprint density at radius 3 is 2.48 bits per heavy atom. The largest absolute Gasteiger partial charge is 0.344 e. The normalized spacial score (nSPS) is 30.0. The van der Waals surface area contributed by atoms with Gasteiger partial charge in [-0.25, -0.2) is 4.79 Å². The molecule has 0 aromatic heterocycles. The Morgan fingerprint density at radius 1 is 1.09 bits per heavy atom. The summed E-state index contributed by atoms with van der Waals surface area (Å²) in [5, 5.41) is 6.13. The van der Waals surface area contributed by atoms with Gasteiger partial charge in [0.05, 0.1) is 0 Å². The van der Waals surface area contributed by atoms with Crippen molar-refractivity contribution in [2.75, 3.05) is 33.2 Å². The summed E-state index contributed by atoms with van der Waals surface area (Å²) in [5.41, 5.74) is 0. The Labute approximate surface area is 139 Å². The van der Waals surface area contributed by atoms with Crippen LogP contribution in [0.15, 0.2) is 0 Å². The van der Waals surface area contributed by atoms with Gasteiger partial charge in [0.2, 0.25) is 5.91 Å². The molecule has 2 atom stereocenters. The van der Waals surface area contributed by atoms with Crippen molar-refractivity contribution < 1.29 is 9.59 Å². The topological polar surface area (TPSA) is 64.7 Å².